The molecule has 1 aromatic heterocycles. The molecule has 5 heteroatoms. The number of ether oxygens (including phenoxy) is 2. The predicted octanol–water partition coefficient (Wildman–Crippen LogP) is 4.46. The molecule has 0 atom stereocenters. The summed E-state index contributed by atoms with van der Waals surface area (Å²) < 4.78 is 10.8. The normalized spacial score (nSPS) is 15.2. The van der Waals surface area contributed by atoms with Gasteiger partial charge in [-0.15, -0.1) is 0 Å². The monoisotopic (exact) mass is 430 g/mol. The van der Waals surface area contributed by atoms with Gasteiger partial charge in [0.15, 0.2) is 0 Å². The SMILES string of the molecule is COc1ccc(CCNC(=O)C2(Cc3cccc(-c4ccncc4)c3)CCOCC2)cc1. The van der Waals surface area contributed by atoms with Crippen molar-refractivity contribution in [1.82, 2.24) is 10.3 Å². The minimum absolute atomic E-state index is 0.128. The number of nitrogens with zero attached hydrogens (tertiary/aromatic N) is 1. The molecule has 1 amide bonds. The number of hydrogen-bond donors (Lipinski definition) is 1. The highest BCUT2D eigenvalue weighted by Gasteiger charge is 2.39. The van der Waals surface area contributed by atoms with Gasteiger partial charge in [0.1, 0.15) is 5.75 Å². The summed E-state index contributed by atoms with van der Waals surface area (Å²) in [6.45, 7) is 1.86. The van der Waals surface area contributed by atoms with Crippen molar-refractivity contribution in [3.05, 3.63) is 84.2 Å². The largest absolute Gasteiger partial charge is 0.497 e. The molecule has 4 rings (SSSR count). The lowest BCUT2D eigenvalue weighted by atomic mass is 9.74. The Kier molecular flexibility index (Phi) is 7.17. The molecule has 2 aromatic carbocycles. The van der Waals surface area contributed by atoms with Gasteiger partial charge in [-0.1, -0.05) is 36.4 Å². The van der Waals surface area contributed by atoms with Crippen molar-refractivity contribution >= 4 is 5.91 Å². The molecule has 1 fully saturated rings. The Hall–Kier alpha value is -3.18. The zero-order valence-electron chi connectivity index (χ0n) is 18.5. The Balaban J connectivity index is 1.44. The maximum absolute atomic E-state index is 13.4. The van der Waals surface area contributed by atoms with Crippen molar-refractivity contribution < 1.29 is 14.3 Å². The van der Waals surface area contributed by atoms with Crippen LogP contribution in [-0.2, 0) is 22.4 Å². The number of pyridine rings is 1. The van der Waals surface area contributed by atoms with E-state index in [0.29, 0.717) is 26.2 Å². The van der Waals surface area contributed by atoms with Gasteiger partial charge >= 0.3 is 0 Å². The van der Waals surface area contributed by atoms with Crippen LogP contribution in [0.3, 0.4) is 0 Å². The molecule has 1 saturated heterocycles. The highest BCUT2D eigenvalue weighted by molar-refractivity contribution is 5.83. The van der Waals surface area contributed by atoms with Gasteiger partial charge in [-0.05, 0) is 72.2 Å². The number of amides is 1. The van der Waals surface area contributed by atoms with Crippen molar-refractivity contribution in [2.45, 2.75) is 25.7 Å². The molecular formula is C27H30N2O3. The standard InChI is InChI=1S/C27H30N2O3/c1-31-25-7-5-21(6-8-25)9-16-29-26(30)27(12-17-32-18-13-27)20-22-3-2-4-24(19-22)23-10-14-28-15-11-23/h2-8,10-11,14-15,19H,9,12-13,16-18,20H2,1H3,(H,29,30). The molecule has 3 aromatic rings. The van der Waals surface area contributed by atoms with Crippen molar-refractivity contribution in [2.75, 3.05) is 26.9 Å². The fourth-order valence-corrected chi connectivity index (χ4v) is 4.34. The quantitative estimate of drug-likeness (QED) is 0.573. The van der Waals surface area contributed by atoms with Crippen LogP contribution in [0.2, 0.25) is 0 Å². The van der Waals surface area contributed by atoms with E-state index in [1.165, 1.54) is 11.1 Å². The average molecular weight is 431 g/mol. The van der Waals surface area contributed by atoms with Gasteiger partial charge in [0.2, 0.25) is 5.91 Å². The second kappa shape index (κ2) is 10.4. The molecule has 0 unspecified atom stereocenters. The first kappa shape index (κ1) is 22.0. The zero-order valence-corrected chi connectivity index (χ0v) is 18.5. The van der Waals surface area contributed by atoms with Crippen LogP contribution >= 0.6 is 0 Å². The number of rotatable bonds is 8. The Morgan fingerprint density at radius 2 is 1.75 bits per heavy atom. The lowest BCUT2D eigenvalue weighted by molar-refractivity contribution is -0.136. The molecule has 0 saturated carbocycles. The molecule has 0 bridgehead atoms. The molecule has 1 N–H and O–H groups in total. The molecule has 32 heavy (non-hydrogen) atoms. The van der Waals surface area contributed by atoms with Gasteiger partial charge < -0.3 is 14.8 Å². The summed E-state index contributed by atoms with van der Waals surface area (Å²) in [5.41, 5.74) is 4.19. The maximum Gasteiger partial charge on any atom is 0.226 e. The summed E-state index contributed by atoms with van der Waals surface area (Å²) in [5.74, 6) is 0.969. The van der Waals surface area contributed by atoms with Crippen molar-refractivity contribution in [3.8, 4) is 16.9 Å². The second-order valence-corrected chi connectivity index (χ2v) is 8.36. The summed E-state index contributed by atoms with van der Waals surface area (Å²) in [7, 11) is 1.66. The number of nitrogens with one attached hydrogen (secondary N) is 1. The van der Waals surface area contributed by atoms with Gasteiger partial charge in [0.25, 0.3) is 0 Å². The van der Waals surface area contributed by atoms with Crippen LogP contribution in [-0.4, -0.2) is 37.8 Å². The lowest BCUT2D eigenvalue weighted by Gasteiger charge is -2.36. The summed E-state index contributed by atoms with van der Waals surface area (Å²) in [4.78, 5) is 17.5. The average Bonchev–Trinajstić information content (AvgIpc) is 2.85. The van der Waals surface area contributed by atoms with Gasteiger partial charge in [0, 0.05) is 32.2 Å². The summed E-state index contributed by atoms with van der Waals surface area (Å²) in [6.07, 6.45) is 6.58. The number of methoxy groups -OCH3 is 1. The first-order valence-electron chi connectivity index (χ1n) is 11.2. The van der Waals surface area contributed by atoms with E-state index in [9.17, 15) is 4.79 Å². The van der Waals surface area contributed by atoms with Crippen molar-refractivity contribution in [2.24, 2.45) is 5.41 Å². The third-order valence-corrected chi connectivity index (χ3v) is 6.27. The number of aromatic nitrogens is 1. The number of hydrogen-bond acceptors (Lipinski definition) is 4. The molecule has 1 aliphatic heterocycles. The lowest BCUT2D eigenvalue weighted by Crippen LogP contribution is -2.46. The van der Waals surface area contributed by atoms with E-state index in [2.05, 4.69) is 34.6 Å². The van der Waals surface area contributed by atoms with E-state index in [4.69, 9.17) is 9.47 Å². The van der Waals surface area contributed by atoms with E-state index in [-0.39, 0.29) is 5.91 Å². The Labute approximate surface area is 189 Å². The molecule has 1 aliphatic rings. The van der Waals surface area contributed by atoms with Gasteiger partial charge in [0.05, 0.1) is 12.5 Å². The van der Waals surface area contributed by atoms with Gasteiger partial charge in [-0.3, -0.25) is 9.78 Å². The highest BCUT2D eigenvalue weighted by atomic mass is 16.5. The Morgan fingerprint density at radius 3 is 2.47 bits per heavy atom. The third-order valence-electron chi connectivity index (χ3n) is 6.27. The van der Waals surface area contributed by atoms with Crippen LogP contribution in [0.4, 0.5) is 0 Å². The third kappa shape index (κ3) is 5.35. The second-order valence-electron chi connectivity index (χ2n) is 8.36. The molecule has 0 radical (unpaired) electrons. The van der Waals surface area contributed by atoms with E-state index < -0.39 is 5.41 Å². The van der Waals surface area contributed by atoms with Gasteiger partial charge in [-0.2, -0.15) is 0 Å². The molecule has 0 aliphatic carbocycles. The van der Waals surface area contributed by atoms with Crippen molar-refractivity contribution in [1.29, 1.82) is 0 Å². The topological polar surface area (TPSA) is 60.5 Å². The summed E-state index contributed by atoms with van der Waals surface area (Å²) in [5, 5.41) is 3.20. The van der Waals surface area contributed by atoms with Crippen LogP contribution in [0.25, 0.3) is 11.1 Å². The summed E-state index contributed by atoms with van der Waals surface area (Å²) >= 11 is 0. The zero-order chi connectivity index (χ0) is 22.2. The van der Waals surface area contributed by atoms with Crippen LogP contribution in [0, 0.1) is 5.41 Å². The molecule has 0 spiro atoms. The fraction of sp³-hybridized carbons (Fsp3) is 0.333. The van der Waals surface area contributed by atoms with Crippen molar-refractivity contribution in [3.63, 3.8) is 0 Å². The van der Waals surface area contributed by atoms with E-state index in [1.54, 1.807) is 19.5 Å². The molecule has 5 nitrogen and oxygen atoms in total. The van der Waals surface area contributed by atoms with E-state index in [1.807, 2.05) is 36.4 Å². The van der Waals surface area contributed by atoms with E-state index in [0.717, 1.165) is 36.1 Å². The van der Waals surface area contributed by atoms with E-state index >= 15 is 0 Å². The van der Waals surface area contributed by atoms with Crippen LogP contribution in [0.1, 0.15) is 24.0 Å². The smallest absolute Gasteiger partial charge is 0.226 e. The van der Waals surface area contributed by atoms with Gasteiger partial charge in [-0.25, -0.2) is 0 Å². The first-order valence-corrected chi connectivity index (χ1v) is 11.2. The van der Waals surface area contributed by atoms with Crippen LogP contribution < -0.4 is 10.1 Å². The van der Waals surface area contributed by atoms with Crippen LogP contribution in [0.15, 0.2) is 73.1 Å². The molecule has 2 heterocycles. The Morgan fingerprint density at radius 1 is 1.00 bits per heavy atom. The summed E-state index contributed by atoms with van der Waals surface area (Å²) in [6, 6.07) is 20.5. The molecular weight excluding hydrogens is 400 g/mol. The predicted molar refractivity (Wildman–Crippen MR) is 126 cm³/mol. The first-order chi connectivity index (χ1) is 15.7. The Bertz CT molecular complexity index is 1010. The number of carbonyl (C=O) groups excluding carboxylic acids is 1. The number of benzene rings is 2. The molecule has 166 valence electrons. The fourth-order valence-electron chi connectivity index (χ4n) is 4.34. The highest BCUT2D eigenvalue weighted by Crippen LogP contribution is 2.35. The van der Waals surface area contributed by atoms with Crippen LogP contribution in [0.5, 0.6) is 5.75 Å². The minimum Gasteiger partial charge on any atom is -0.497 e. The minimum atomic E-state index is -0.435. The maximum atomic E-state index is 13.4. The number of carbonyl (C=O) groups is 1.